The summed E-state index contributed by atoms with van der Waals surface area (Å²) < 4.78 is 24.2. The summed E-state index contributed by atoms with van der Waals surface area (Å²) in [6.45, 7) is 2.28. The first kappa shape index (κ1) is 16.2. The predicted octanol–water partition coefficient (Wildman–Crippen LogP) is 2.22. The molecule has 1 aliphatic heterocycles. The van der Waals surface area contributed by atoms with Crippen LogP contribution in [0.3, 0.4) is 0 Å². The molecule has 0 saturated carbocycles. The van der Waals surface area contributed by atoms with Crippen molar-refractivity contribution in [3.63, 3.8) is 0 Å². The third-order valence-electron chi connectivity index (χ3n) is 3.82. The van der Waals surface area contributed by atoms with Crippen molar-refractivity contribution in [3.8, 4) is 0 Å². The average Bonchev–Trinajstić information content (AvgIpc) is 3.17. The van der Waals surface area contributed by atoms with Crippen LogP contribution in [0.5, 0.6) is 0 Å². The summed E-state index contributed by atoms with van der Waals surface area (Å²) in [5, 5.41) is 10.3. The molecule has 1 saturated heterocycles. The van der Waals surface area contributed by atoms with E-state index in [1.54, 1.807) is 11.8 Å². The summed E-state index contributed by atoms with van der Waals surface area (Å²) in [5.41, 5.74) is 0.903. The van der Waals surface area contributed by atoms with Crippen molar-refractivity contribution in [2.75, 3.05) is 18.0 Å². The molecule has 0 spiro atoms. The Morgan fingerprint density at radius 2 is 2.21 bits per heavy atom. The fourth-order valence-corrected chi connectivity index (χ4v) is 2.66. The highest BCUT2D eigenvalue weighted by atomic mass is 19.1. The molecule has 24 heavy (non-hydrogen) atoms. The molecule has 1 amide bonds. The Labute approximate surface area is 138 Å². The number of amides is 1. The van der Waals surface area contributed by atoms with Crippen LogP contribution in [0.4, 0.5) is 15.2 Å². The van der Waals surface area contributed by atoms with E-state index in [0.29, 0.717) is 12.3 Å². The number of hydrogen-bond donors (Lipinski definition) is 1. The Hall–Kier alpha value is -2.64. The summed E-state index contributed by atoms with van der Waals surface area (Å²) in [5.74, 6) is 0.418. The number of aryl methyl sites for hydroxylation is 1. The number of nitrogens with zero attached hydrogens (tertiary/aromatic N) is 3. The first-order valence-corrected chi connectivity index (χ1v) is 7.77. The highest BCUT2D eigenvalue weighted by Crippen LogP contribution is 2.25. The van der Waals surface area contributed by atoms with Gasteiger partial charge in [-0.15, -0.1) is 5.10 Å². The predicted molar refractivity (Wildman–Crippen MR) is 84.3 cm³/mol. The molecule has 0 aliphatic carbocycles. The van der Waals surface area contributed by atoms with E-state index in [1.807, 2.05) is 30.3 Å². The van der Waals surface area contributed by atoms with E-state index in [0.717, 1.165) is 5.56 Å². The Kier molecular flexibility index (Phi) is 4.93. The van der Waals surface area contributed by atoms with Crippen LogP contribution in [0.15, 0.2) is 34.7 Å². The molecule has 0 unspecified atom stereocenters. The van der Waals surface area contributed by atoms with Crippen LogP contribution in [0, 0.1) is 6.92 Å². The minimum absolute atomic E-state index is 0.174. The summed E-state index contributed by atoms with van der Waals surface area (Å²) >= 11 is 0. The minimum atomic E-state index is -0.996. The Balaban J connectivity index is 1.50. The molecular weight excluding hydrogens is 315 g/mol. The van der Waals surface area contributed by atoms with Gasteiger partial charge in [0, 0.05) is 19.9 Å². The first-order valence-electron chi connectivity index (χ1n) is 7.77. The Morgan fingerprint density at radius 1 is 1.42 bits per heavy atom. The van der Waals surface area contributed by atoms with E-state index < -0.39 is 12.3 Å². The number of ether oxygens (including phenoxy) is 1. The number of benzene rings is 1. The quantitative estimate of drug-likeness (QED) is 0.903. The molecule has 2 atom stereocenters. The molecule has 1 N–H and O–H groups in total. The number of carbonyl (C=O) groups is 1. The van der Waals surface area contributed by atoms with E-state index >= 15 is 0 Å². The summed E-state index contributed by atoms with van der Waals surface area (Å²) in [6, 6.07) is 9.42. The van der Waals surface area contributed by atoms with Crippen molar-refractivity contribution in [1.82, 2.24) is 15.5 Å². The number of carbonyl (C=O) groups excluding carboxylic acids is 1. The number of alkyl halides is 1. The highest BCUT2D eigenvalue weighted by molar-refractivity contribution is 5.67. The van der Waals surface area contributed by atoms with Gasteiger partial charge in [0.15, 0.2) is 0 Å². The molecule has 2 aromatic rings. The van der Waals surface area contributed by atoms with E-state index in [9.17, 15) is 9.18 Å². The molecule has 2 heterocycles. The van der Waals surface area contributed by atoms with E-state index in [4.69, 9.17) is 9.15 Å². The summed E-state index contributed by atoms with van der Waals surface area (Å²) in [7, 11) is 0. The Morgan fingerprint density at radius 3 is 2.92 bits per heavy atom. The zero-order valence-electron chi connectivity index (χ0n) is 13.3. The maximum Gasteiger partial charge on any atom is 0.407 e. The van der Waals surface area contributed by atoms with Crippen molar-refractivity contribution in [3.05, 3.63) is 41.8 Å². The molecule has 1 aliphatic rings. The SMILES string of the molecule is Cc1nnc(N2C[C@@H](F)C[C@H]2CNC(=O)OCc2ccccc2)o1. The maximum atomic E-state index is 13.7. The molecule has 8 heteroatoms. The second-order valence-electron chi connectivity index (χ2n) is 5.69. The fraction of sp³-hybridized carbons (Fsp3) is 0.438. The summed E-state index contributed by atoms with van der Waals surface area (Å²) in [4.78, 5) is 13.5. The van der Waals surface area contributed by atoms with Gasteiger partial charge in [-0.3, -0.25) is 0 Å². The van der Waals surface area contributed by atoms with E-state index in [1.165, 1.54) is 0 Å². The average molecular weight is 334 g/mol. The lowest BCUT2D eigenvalue weighted by atomic mass is 10.2. The third kappa shape index (κ3) is 4.01. The molecule has 1 aromatic heterocycles. The van der Waals surface area contributed by atoms with Gasteiger partial charge in [-0.2, -0.15) is 0 Å². The van der Waals surface area contributed by atoms with Gasteiger partial charge in [0.2, 0.25) is 5.89 Å². The van der Waals surface area contributed by atoms with Crippen LogP contribution in [-0.2, 0) is 11.3 Å². The number of rotatable bonds is 5. The molecule has 128 valence electrons. The van der Waals surface area contributed by atoms with E-state index in [2.05, 4.69) is 15.5 Å². The smallest absolute Gasteiger partial charge is 0.407 e. The van der Waals surface area contributed by atoms with Gasteiger partial charge in [-0.1, -0.05) is 35.4 Å². The second kappa shape index (κ2) is 7.29. The lowest BCUT2D eigenvalue weighted by molar-refractivity contribution is 0.139. The first-order chi connectivity index (χ1) is 11.6. The number of nitrogens with one attached hydrogen (secondary N) is 1. The van der Waals surface area contributed by atoms with Gasteiger partial charge in [0.25, 0.3) is 0 Å². The largest absolute Gasteiger partial charge is 0.445 e. The highest BCUT2D eigenvalue weighted by Gasteiger charge is 2.35. The number of halogens is 1. The van der Waals surface area contributed by atoms with Crippen LogP contribution in [-0.4, -0.2) is 41.6 Å². The van der Waals surface area contributed by atoms with Crippen molar-refractivity contribution >= 4 is 12.1 Å². The van der Waals surface area contributed by atoms with Crippen LogP contribution >= 0.6 is 0 Å². The zero-order valence-corrected chi connectivity index (χ0v) is 13.3. The molecule has 0 radical (unpaired) electrons. The number of anilines is 1. The minimum Gasteiger partial charge on any atom is -0.445 e. The van der Waals surface area contributed by atoms with Crippen LogP contribution in [0.2, 0.25) is 0 Å². The van der Waals surface area contributed by atoms with Gasteiger partial charge >= 0.3 is 12.1 Å². The molecule has 7 nitrogen and oxygen atoms in total. The van der Waals surface area contributed by atoms with Gasteiger partial charge < -0.3 is 19.4 Å². The fourth-order valence-electron chi connectivity index (χ4n) is 2.66. The normalized spacial score (nSPS) is 20.2. The number of aromatic nitrogens is 2. The zero-order chi connectivity index (χ0) is 16.9. The lowest BCUT2D eigenvalue weighted by Crippen LogP contribution is -2.40. The van der Waals surface area contributed by atoms with E-state index in [-0.39, 0.29) is 31.8 Å². The van der Waals surface area contributed by atoms with Gasteiger partial charge in [0.1, 0.15) is 12.8 Å². The Bertz CT molecular complexity index is 679. The van der Waals surface area contributed by atoms with Gasteiger partial charge in [-0.25, -0.2) is 9.18 Å². The topological polar surface area (TPSA) is 80.5 Å². The van der Waals surface area contributed by atoms with Crippen molar-refractivity contribution in [2.24, 2.45) is 0 Å². The van der Waals surface area contributed by atoms with Crippen LogP contribution in [0.1, 0.15) is 17.9 Å². The molecule has 3 rings (SSSR count). The molecular formula is C16H19FN4O3. The van der Waals surface area contributed by atoms with Crippen molar-refractivity contribution in [2.45, 2.75) is 32.2 Å². The number of hydrogen-bond acceptors (Lipinski definition) is 6. The molecule has 1 fully saturated rings. The maximum absolute atomic E-state index is 13.7. The van der Waals surface area contributed by atoms with Gasteiger partial charge in [-0.05, 0) is 5.56 Å². The standard InChI is InChI=1S/C16H19FN4O3/c1-11-19-20-15(24-11)21-9-13(17)7-14(21)8-18-16(22)23-10-12-5-3-2-4-6-12/h2-6,13-14H,7-10H2,1H3,(H,18,22)/t13-,14-/m0/s1. The van der Waals surface area contributed by atoms with Crippen molar-refractivity contribution in [1.29, 1.82) is 0 Å². The lowest BCUT2D eigenvalue weighted by Gasteiger charge is -2.21. The molecule has 1 aromatic carbocycles. The monoisotopic (exact) mass is 334 g/mol. The van der Waals surface area contributed by atoms with Gasteiger partial charge in [0.05, 0.1) is 12.6 Å². The number of alkyl carbamates (subject to hydrolysis) is 1. The second-order valence-corrected chi connectivity index (χ2v) is 5.69. The van der Waals surface area contributed by atoms with Crippen molar-refractivity contribution < 1.29 is 18.3 Å². The third-order valence-corrected chi connectivity index (χ3v) is 3.82. The van der Waals surface area contributed by atoms with Crippen LogP contribution < -0.4 is 10.2 Å². The summed E-state index contributed by atoms with van der Waals surface area (Å²) in [6.07, 6.45) is -1.24. The molecule has 0 bridgehead atoms. The van der Waals surface area contributed by atoms with Crippen LogP contribution in [0.25, 0.3) is 0 Å².